The number of hydrogen-bond donors (Lipinski definition) is 0. The van der Waals surface area contributed by atoms with Gasteiger partial charge in [0, 0.05) is 25.8 Å². The van der Waals surface area contributed by atoms with Crippen molar-refractivity contribution in [1.82, 2.24) is 28.7 Å². The molecule has 0 spiro atoms. The molecule has 4 heterocycles. The minimum absolute atomic E-state index is 0.304. The van der Waals surface area contributed by atoms with Gasteiger partial charge >= 0.3 is 0 Å². The maximum atomic E-state index is 12.9. The first kappa shape index (κ1) is 17.2. The number of rotatable bonds is 3. The van der Waals surface area contributed by atoms with E-state index in [4.69, 9.17) is 0 Å². The molecule has 1 aliphatic heterocycles. The van der Waals surface area contributed by atoms with Gasteiger partial charge in [-0.25, -0.2) is 17.9 Å². The first-order chi connectivity index (χ1) is 12.4. The number of piperidine rings is 1. The lowest BCUT2D eigenvalue weighted by molar-refractivity contribution is 0.318. The van der Waals surface area contributed by atoms with E-state index in [2.05, 4.69) is 21.2 Å². The van der Waals surface area contributed by atoms with Gasteiger partial charge in [-0.05, 0) is 44.2 Å². The van der Waals surface area contributed by atoms with Crippen LogP contribution in [0, 0.1) is 13.8 Å². The van der Waals surface area contributed by atoms with Crippen LogP contribution in [0.5, 0.6) is 0 Å². The minimum Gasteiger partial charge on any atom is -0.272 e. The zero-order chi connectivity index (χ0) is 18.5. The average Bonchev–Trinajstić information content (AvgIpc) is 3.23. The van der Waals surface area contributed by atoms with Crippen molar-refractivity contribution in [3.63, 3.8) is 0 Å². The molecule has 1 fully saturated rings. The zero-order valence-electron chi connectivity index (χ0n) is 15.1. The van der Waals surface area contributed by atoms with Gasteiger partial charge in [0.2, 0.25) is 10.0 Å². The summed E-state index contributed by atoms with van der Waals surface area (Å²) in [5, 5.41) is 8.34. The Bertz CT molecular complexity index is 1060. The summed E-state index contributed by atoms with van der Waals surface area (Å²) in [6.45, 7) is 4.84. The van der Waals surface area contributed by atoms with Crippen LogP contribution in [0.3, 0.4) is 0 Å². The fourth-order valence-corrected chi connectivity index (χ4v) is 5.39. The highest BCUT2D eigenvalue weighted by atomic mass is 32.2. The lowest BCUT2D eigenvalue weighted by Gasteiger charge is -2.31. The molecule has 0 aliphatic carbocycles. The van der Waals surface area contributed by atoms with E-state index >= 15 is 0 Å². The van der Waals surface area contributed by atoms with Gasteiger partial charge in [0.05, 0.1) is 11.9 Å². The second kappa shape index (κ2) is 6.17. The Morgan fingerprint density at radius 1 is 1.08 bits per heavy atom. The van der Waals surface area contributed by atoms with Crippen molar-refractivity contribution in [1.29, 1.82) is 0 Å². The standard InChI is InChI=1S/C17H22N6O2S/c1-12-15(4-5-17-18-11-20-23(12)17)14-6-8-22(9-7-14)26(24,25)16-10-19-21(3)13(16)2/h4-5,10-11,14H,6-9H2,1-3H3. The van der Waals surface area contributed by atoms with Gasteiger partial charge in [0.15, 0.2) is 5.65 Å². The van der Waals surface area contributed by atoms with Crippen LogP contribution in [0.2, 0.25) is 0 Å². The smallest absolute Gasteiger partial charge is 0.246 e. The molecule has 1 aliphatic rings. The summed E-state index contributed by atoms with van der Waals surface area (Å²) in [5.74, 6) is 0.324. The molecule has 0 bridgehead atoms. The van der Waals surface area contributed by atoms with Gasteiger partial charge in [0.25, 0.3) is 0 Å². The topological polar surface area (TPSA) is 85.4 Å². The molecule has 0 unspecified atom stereocenters. The van der Waals surface area contributed by atoms with Gasteiger partial charge in [-0.3, -0.25) is 4.68 Å². The molecule has 1 saturated heterocycles. The Morgan fingerprint density at radius 2 is 1.81 bits per heavy atom. The molecule has 4 rings (SSSR count). The monoisotopic (exact) mass is 374 g/mol. The van der Waals surface area contributed by atoms with E-state index in [1.54, 1.807) is 29.3 Å². The second-order valence-corrected chi connectivity index (χ2v) is 8.71. The van der Waals surface area contributed by atoms with E-state index < -0.39 is 10.0 Å². The first-order valence-corrected chi connectivity index (χ1v) is 10.1. The maximum absolute atomic E-state index is 12.9. The van der Waals surface area contributed by atoms with Gasteiger partial charge in [-0.15, -0.1) is 0 Å². The van der Waals surface area contributed by atoms with Gasteiger partial charge in [0.1, 0.15) is 11.2 Å². The molecule has 26 heavy (non-hydrogen) atoms. The molecule has 3 aromatic heterocycles. The lowest BCUT2D eigenvalue weighted by Crippen LogP contribution is -2.38. The molecular formula is C17H22N6O2S. The average molecular weight is 374 g/mol. The van der Waals surface area contributed by atoms with Crippen LogP contribution in [0.15, 0.2) is 29.6 Å². The van der Waals surface area contributed by atoms with Gasteiger partial charge < -0.3 is 0 Å². The van der Waals surface area contributed by atoms with Crippen LogP contribution < -0.4 is 0 Å². The summed E-state index contributed by atoms with van der Waals surface area (Å²) >= 11 is 0. The number of nitrogens with zero attached hydrogens (tertiary/aromatic N) is 6. The molecule has 9 heteroatoms. The molecule has 0 N–H and O–H groups in total. The summed E-state index contributed by atoms with van der Waals surface area (Å²) in [7, 11) is -1.74. The Balaban J connectivity index is 1.55. The van der Waals surface area contributed by atoms with Crippen molar-refractivity contribution in [2.75, 3.05) is 13.1 Å². The molecule has 0 amide bonds. The van der Waals surface area contributed by atoms with Gasteiger partial charge in [-0.2, -0.15) is 14.5 Å². The molecule has 8 nitrogen and oxygen atoms in total. The number of fused-ring (bicyclic) bond motifs is 1. The largest absolute Gasteiger partial charge is 0.272 e. The van der Waals surface area contributed by atoms with Crippen LogP contribution in [-0.2, 0) is 17.1 Å². The van der Waals surface area contributed by atoms with Crippen LogP contribution in [0.25, 0.3) is 5.65 Å². The fraction of sp³-hybridized carbons (Fsp3) is 0.471. The highest BCUT2D eigenvalue weighted by molar-refractivity contribution is 7.89. The Morgan fingerprint density at radius 3 is 2.46 bits per heavy atom. The first-order valence-electron chi connectivity index (χ1n) is 8.67. The summed E-state index contributed by atoms with van der Waals surface area (Å²) in [6.07, 6.45) is 4.58. The summed E-state index contributed by atoms with van der Waals surface area (Å²) in [4.78, 5) is 4.51. The van der Waals surface area contributed by atoms with Crippen molar-refractivity contribution in [3.8, 4) is 0 Å². The highest BCUT2D eigenvalue weighted by Crippen LogP contribution is 2.33. The third-order valence-corrected chi connectivity index (χ3v) is 7.42. The fourth-order valence-electron chi connectivity index (χ4n) is 3.74. The number of sulfonamides is 1. The number of aryl methyl sites for hydroxylation is 2. The Hall–Kier alpha value is -2.26. The van der Waals surface area contributed by atoms with Crippen molar-refractivity contribution in [2.45, 2.75) is 37.5 Å². The second-order valence-electron chi connectivity index (χ2n) is 6.80. The molecule has 0 saturated carbocycles. The molecular weight excluding hydrogens is 352 g/mol. The number of pyridine rings is 1. The highest BCUT2D eigenvalue weighted by Gasteiger charge is 2.32. The molecule has 0 atom stereocenters. The summed E-state index contributed by atoms with van der Waals surface area (Å²) in [6, 6.07) is 4.07. The van der Waals surface area contributed by atoms with Crippen molar-refractivity contribution in [2.24, 2.45) is 7.05 Å². The molecule has 3 aromatic rings. The SMILES string of the molecule is Cc1c(S(=O)(=O)N2CCC(c3ccc4ncnn4c3C)CC2)cnn1C. The van der Waals surface area contributed by atoms with Crippen LogP contribution >= 0.6 is 0 Å². The normalized spacial score (nSPS) is 17.2. The van der Waals surface area contributed by atoms with Crippen LogP contribution in [-0.4, -0.2) is 50.2 Å². The van der Waals surface area contributed by atoms with E-state index in [-0.39, 0.29) is 0 Å². The Kier molecular flexibility index (Phi) is 4.07. The van der Waals surface area contributed by atoms with Crippen LogP contribution in [0.4, 0.5) is 0 Å². The number of hydrogen-bond acceptors (Lipinski definition) is 5. The van der Waals surface area contributed by atoms with Crippen LogP contribution in [0.1, 0.15) is 35.7 Å². The minimum atomic E-state index is -3.49. The van der Waals surface area contributed by atoms with Crippen molar-refractivity contribution < 1.29 is 8.42 Å². The lowest BCUT2D eigenvalue weighted by atomic mass is 9.89. The predicted molar refractivity (Wildman–Crippen MR) is 96.4 cm³/mol. The quantitative estimate of drug-likeness (QED) is 0.696. The van der Waals surface area contributed by atoms with Crippen molar-refractivity contribution >= 4 is 15.7 Å². The van der Waals surface area contributed by atoms with Gasteiger partial charge in [-0.1, -0.05) is 6.07 Å². The van der Waals surface area contributed by atoms with E-state index in [0.29, 0.717) is 29.6 Å². The third-order valence-electron chi connectivity index (χ3n) is 5.42. The summed E-state index contributed by atoms with van der Waals surface area (Å²) in [5.41, 5.74) is 3.79. The zero-order valence-corrected chi connectivity index (χ0v) is 15.9. The molecule has 0 radical (unpaired) electrons. The number of aromatic nitrogens is 5. The van der Waals surface area contributed by atoms with Crippen molar-refractivity contribution in [3.05, 3.63) is 41.6 Å². The molecule has 0 aromatic carbocycles. The maximum Gasteiger partial charge on any atom is 0.246 e. The van der Waals surface area contributed by atoms with E-state index in [0.717, 1.165) is 24.2 Å². The summed E-state index contributed by atoms with van der Waals surface area (Å²) < 4.78 is 30.9. The predicted octanol–water partition coefficient (Wildman–Crippen LogP) is 1.65. The Labute approximate surface area is 152 Å². The van der Waals surface area contributed by atoms with E-state index in [1.807, 2.05) is 17.5 Å². The molecule has 138 valence electrons. The van der Waals surface area contributed by atoms with E-state index in [1.165, 1.54) is 11.8 Å². The third kappa shape index (κ3) is 2.62. The van der Waals surface area contributed by atoms with E-state index in [9.17, 15) is 8.42 Å².